The molecule has 5 heteroatoms. The molecule has 0 spiro atoms. The van der Waals surface area contributed by atoms with Crippen LogP contribution in [0, 0.1) is 11.8 Å². The van der Waals surface area contributed by atoms with Crippen LogP contribution < -0.4 is 5.32 Å². The third kappa shape index (κ3) is 2.83. The van der Waals surface area contributed by atoms with E-state index in [0.717, 1.165) is 19.4 Å². The maximum atomic E-state index is 12.0. The minimum Gasteiger partial charge on any atom is -0.481 e. The van der Waals surface area contributed by atoms with Crippen molar-refractivity contribution in [1.82, 2.24) is 10.2 Å². The van der Waals surface area contributed by atoms with Crippen molar-refractivity contribution in [3.05, 3.63) is 0 Å². The normalized spacial score (nSPS) is 32.6. The summed E-state index contributed by atoms with van der Waals surface area (Å²) in [6, 6.07) is 0.415. The monoisotopic (exact) mass is 254 g/mol. The maximum absolute atomic E-state index is 12.0. The van der Waals surface area contributed by atoms with E-state index in [-0.39, 0.29) is 11.8 Å². The van der Waals surface area contributed by atoms with Crippen molar-refractivity contribution in [2.75, 3.05) is 20.1 Å². The molecule has 1 heterocycles. The summed E-state index contributed by atoms with van der Waals surface area (Å²) in [5, 5.41) is 12.0. The molecular formula is C13H22N2O3. The summed E-state index contributed by atoms with van der Waals surface area (Å²) in [5.74, 6) is -1.70. The number of nitrogens with one attached hydrogen (secondary N) is 1. The highest BCUT2D eigenvalue weighted by Gasteiger charge is 2.37. The van der Waals surface area contributed by atoms with Crippen molar-refractivity contribution >= 4 is 11.9 Å². The molecule has 1 aliphatic heterocycles. The molecule has 5 nitrogen and oxygen atoms in total. The molecule has 2 aliphatic rings. The van der Waals surface area contributed by atoms with Crippen molar-refractivity contribution in [2.45, 2.75) is 38.1 Å². The first kappa shape index (κ1) is 13.3. The predicted octanol–water partition coefficient (Wildman–Crippen LogP) is 0.698. The van der Waals surface area contributed by atoms with Gasteiger partial charge in [0.25, 0.3) is 0 Å². The number of likely N-dealkylation sites (N-methyl/N-ethyl adjacent to an activating group) is 1. The number of rotatable bonds is 4. The van der Waals surface area contributed by atoms with E-state index in [4.69, 9.17) is 5.11 Å². The average Bonchev–Trinajstić information content (AvgIpc) is 2.94. The molecule has 18 heavy (non-hydrogen) atoms. The molecule has 1 saturated heterocycles. The third-order valence-electron chi connectivity index (χ3n) is 4.35. The molecule has 1 saturated carbocycles. The van der Waals surface area contributed by atoms with Gasteiger partial charge in [0.05, 0.1) is 11.8 Å². The highest BCUT2D eigenvalue weighted by atomic mass is 16.4. The standard InChI is InChI=1S/C13H22N2O3/c1-15-7-3-4-9(15)8-14-12(16)10-5-2-6-11(10)13(17)18/h9-11H,2-8H2,1H3,(H,14,16)(H,17,18)/t9?,10-,11+/m1/s1. The number of nitrogens with zero attached hydrogens (tertiary/aromatic N) is 1. The van der Waals surface area contributed by atoms with E-state index < -0.39 is 11.9 Å². The highest BCUT2D eigenvalue weighted by Crippen LogP contribution is 2.32. The molecule has 0 aromatic carbocycles. The Morgan fingerprint density at radius 1 is 1.22 bits per heavy atom. The fourth-order valence-electron chi connectivity index (χ4n) is 3.16. The second-order valence-corrected chi connectivity index (χ2v) is 5.50. The lowest BCUT2D eigenvalue weighted by Gasteiger charge is -2.22. The number of aliphatic carboxylic acids is 1. The molecule has 2 fully saturated rings. The average molecular weight is 254 g/mol. The minimum atomic E-state index is -0.828. The number of carboxylic acids is 1. The maximum Gasteiger partial charge on any atom is 0.307 e. The Balaban J connectivity index is 1.82. The second-order valence-electron chi connectivity index (χ2n) is 5.50. The van der Waals surface area contributed by atoms with Gasteiger partial charge in [-0.15, -0.1) is 0 Å². The number of likely N-dealkylation sites (tertiary alicyclic amines) is 1. The Bertz CT molecular complexity index is 332. The molecule has 1 amide bonds. The van der Waals surface area contributed by atoms with Crippen molar-refractivity contribution < 1.29 is 14.7 Å². The van der Waals surface area contributed by atoms with E-state index >= 15 is 0 Å². The number of carboxylic acid groups (broad SMARTS) is 1. The Morgan fingerprint density at radius 2 is 1.94 bits per heavy atom. The van der Waals surface area contributed by atoms with E-state index in [9.17, 15) is 9.59 Å². The van der Waals surface area contributed by atoms with Crippen molar-refractivity contribution in [1.29, 1.82) is 0 Å². The number of carbonyl (C=O) groups is 2. The molecule has 2 rings (SSSR count). The van der Waals surface area contributed by atoms with Crippen molar-refractivity contribution in [2.24, 2.45) is 11.8 Å². The van der Waals surface area contributed by atoms with Gasteiger partial charge < -0.3 is 15.3 Å². The second kappa shape index (κ2) is 5.69. The van der Waals surface area contributed by atoms with Crippen LogP contribution in [-0.2, 0) is 9.59 Å². The van der Waals surface area contributed by atoms with Crippen LogP contribution in [0.3, 0.4) is 0 Å². The van der Waals surface area contributed by atoms with Crippen LogP contribution in [0.1, 0.15) is 32.1 Å². The van der Waals surface area contributed by atoms with Gasteiger partial charge in [-0.25, -0.2) is 0 Å². The molecule has 102 valence electrons. The Hall–Kier alpha value is -1.10. The van der Waals surface area contributed by atoms with E-state index in [1.165, 1.54) is 6.42 Å². The van der Waals surface area contributed by atoms with Crippen LogP contribution in [0.5, 0.6) is 0 Å². The van der Waals surface area contributed by atoms with Gasteiger partial charge in [-0.2, -0.15) is 0 Å². The summed E-state index contributed by atoms with van der Waals surface area (Å²) < 4.78 is 0. The quantitative estimate of drug-likeness (QED) is 0.774. The fourth-order valence-corrected chi connectivity index (χ4v) is 3.16. The molecule has 2 N–H and O–H groups in total. The van der Waals surface area contributed by atoms with Gasteiger partial charge in [0.2, 0.25) is 5.91 Å². The van der Waals surface area contributed by atoms with Crippen LogP contribution >= 0.6 is 0 Å². The van der Waals surface area contributed by atoms with Gasteiger partial charge in [-0.3, -0.25) is 9.59 Å². The van der Waals surface area contributed by atoms with E-state index in [1.54, 1.807) is 0 Å². The van der Waals surface area contributed by atoms with Gasteiger partial charge in [-0.05, 0) is 39.3 Å². The summed E-state index contributed by atoms with van der Waals surface area (Å²) in [6.07, 6.45) is 4.49. The largest absolute Gasteiger partial charge is 0.481 e. The van der Waals surface area contributed by atoms with Crippen molar-refractivity contribution in [3.63, 3.8) is 0 Å². The third-order valence-corrected chi connectivity index (χ3v) is 4.35. The van der Waals surface area contributed by atoms with Gasteiger partial charge in [-0.1, -0.05) is 6.42 Å². The summed E-state index contributed by atoms with van der Waals surface area (Å²) in [7, 11) is 2.07. The molecule has 0 radical (unpaired) electrons. The number of carbonyl (C=O) groups excluding carboxylic acids is 1. The lowest BCUT2D eigenvalue weighted by molar-refractivity contribution is -0.146. The zero-order valence-electron chi connectivity index (χ0n) is 10.9. The zero-order chi connectivity index (χ0) is 13.1. The van der Waals surface area contributed by atoms with E-state index in [0.29, 0.717) is 25.4 Å². The Morgan fingerprint density at radius 3 is 2.56 bits per heavy atom. The predicted molar refractivity (Wildman–Crippen MR) is 67.1 cm³/mol. The molecular weight excluding hydrogens is 232 g/mol. The van der Waals surface area contributed by atoms with Gasteiger partial charge in [0.15, 0.2) is 0 Å². The highest BCUT2D eigenvalue weighted by molar-refractivity contribution is 5.85. The fraction of sp³-hybridized carbons (Fsp3) is 0.846. The first-order valence-corrected chi connectivity index (χ1v) is 6.80. The van der Waals surface area contributed by atoms with Crippen LogP contribution in [-0.4, -0.2) is 48.1 Å². The molecule has 0 aromatic heterocycles. The van der Waals surface area contributed by atoms with E-state index in [1.807, 2.05) is 0 Å². The molecule has 1 unspecified atom stereocenters. The van der Waals surface area contributed by atoms with Crippen LogP contribution in [0.25, 0.3) is 0 Å². The first-order valence-electron chi connectivity index (χ1n) is 6.80. The number of hydrogen-bond acceptors (Lipinski definition) is 3. The smallest absolute Gasteiger partial charge is 0.307 e. The van der Waals surface area contributed by atoms with Crippen LogP contribution in [0.2, 0.25) is 0 Å². The molecule has 0 aromatic rings. The molecule has 3 atom stereocenters. The summed E-state index contributed by atoms with van der Waals surface area (Å²) in [4.78, 5) is 25.3. The molecule has 1 aliphatic carbocycles. The topological polar surface area (TPSA) is 69.6 Å². The first-order chi connectivity index (χ1) is 8.59. The van der Waals surface area contributed by atoms with E-state index in [2.05, 4.69) is 17.3 Å². The SMILES string of the molecule is CN1CCCC1CNC(=O)[C@@H]1CCC[C@@H]1C(=O)O. The number of amides is 1. The lowest BCUT2D eigenvalue weighted by atomic mass is 9.95. The Kier molecular flexibility index (Phi) is 4.22. The Labute approximate surface area is 108 Å². The van der Waals surface area contributed by atoms with Crippen LogP contribution in [0.15, 0.2) is 0 Å². The zero-order valence-corrected chi connectivity index (χ0v) is 10.9. The van der Waals surface area contributed by atoms with Crippen molar-refractivity contribution in [3.8, 4) is 0 Å². The van der Waals surface area contributed by atoms with Crippen LogP contribution in [0.4, 0.5) is 0 Å². The van der Waals surface area contributed by atoms with Gasteiger partial charge in [0.1, 0.15) is 0 Å². The number of hydrogen-bond donors (Lipinski definition) is 2. The van der Waals surface area contributed by atoms with Gasteiger partial charge in [0, 0.05) is 12.6 Å². The summed E-state index contributed by atoms with van der Waals surface area (Å²) in [5.41, 5.74) is 0. The lowest BCUT2D eigenvalue weighted by Crippen LogP contribution is -2.42. The minimum absolute atomic E-state index is 0.0693. The summed E-state index contributed by atoms with van der Waals surface area (Å²) >= 11 is 0. The molecule has 0 bridgehead atoms. The summed E-state index contributed by atoms with van der Waals surface area (Å²) in [6.45, 7) is 1.74. The van der Waals surface area contributed by atoms with Gasteiger partial charge >= 0.3 is 5.97 Å².